The van der Waals surface area contributed by atoms with Crippen molar-refractivity contribution in [2.45, 2.75) is 4.90 Å². The van der Waals surface area contributed by atoms with E-state index in [1.54, 1.807) is 18.2 Å². The summed E-state index contributed by atoms with van der Waals surface area (Å²) in [4.78, 5) is 13.0. The summed E-state index contributed by atoms with van der Waals surface area (Å²) in [6.07, 6.45) is 1.89. The van der Waals surface area contributed by atoms with Gasteiger partial charge in [0.15, 0.2) is 0 Å². The van der Waals surface area contributed by atoms with Gasteiger partial charge in [-0.15, -0.1) is 11.8 Å². The lowest BCUT2D eigenvalue weighted by Gasteiger charge is -2.08. The van der Waals surface area contributed by atoms with Crippen LogP contribution in [0.4, 0.5) is 10.1 Å². The van der Waals surface area contributed by atoms with Gasteiger partial charge in [0.25, 0.3) is 5.91 Å². The maximum atomic E-state index is 13.2. The molecular formula is C15H11FN2OS. The first-order valence-electron chi connectivity index (χ1n) is 5.79. The second-order valence-corrected chi connectivity index (χ2v) is 4.81. The van der Waals surface area contributed by atoms with Crippen LogP contribution in [0.2, 0.25) is 0 Å². The molecule has 1 amide bonds. The fraction of sp³-hybridized carbons (Fsp3) is 0.0667. The average Bonchev–Trinajstić information content (AvgIpc) is 2.49. The van der Waals surface area contributed by atoms with Gasteiger partial charge in [0, 0.05) is 10.6 Å². The van der Waals surface area contributed by atoms with Crippen molar-refractivity contribution in [3.8, 4) is 6.07 Å². The molecule has 20 heavy (non-hydrogen) atoms. The first-order chi connectivity index (χ1) is 9.65. The van der Waals surface area contributed by atoms with Gasteiger partial charge in [0.2, 0.25) is 0 Å². The van der Waals surface area contributed by atoms with Crippen molar-refractivity contribution in [1.29, 1.82) is 5.26 Å². The SMILES string of the molecule is CSc1ccccc1C(=O)Nc1ccc(F)c(C#N)c1. The fourth-order valence-corrected chi connectivity index (χ4v) is 2.31. The molecular weight excluding hydrogens is 275 g/mol. The van der Waals surface area contributed by atoms with Crippen LogP contribution in [0.5, 0.6) is 0 Å². The van der Waals surface area contributed by atoms with E-state index in [2.05, 4.69) is 5.32 Å². The van der Waals surface area contributed by atoms with E-state index in [1.807, 2.05) is 18.4 Å². The van der Waals surface area contributed by atoms with Gasteiger partial charge >= 0.3 is 0 Å². The second kappa shape index (κ2) is 6.22. The molecule has 0 aliphatic carbocycles. The lowest BCUT2D eigenvalue weighted by Crippen LogP contribution is -2.13. The third kappa shape index (κ3) is 2.98. The van der Waals surface area contributed by atoms with E-state index in [0.29, 0.717) is 11.3 Å². The number of rotatable bonds is 3. The lowest BCUT2D eigenvalue weighted by molar-refractivity contribution is 0.102. The first kappa shape index (κ1) is 14.1. The number of carbonyl (C=O) groups excluding carboxylic acids is 1. The Morgan fingerprint density at radius 3 is 2.75 bits per heavy atom. The number of amides is 1. The Kier molecular flexibility index (Phi) is 4.38. The van der Waals surface area contributed by atoms with Crippen LogP contribution in [-0.2, 0) is 0 Å². The predicted molar refractivity (Wildman–Crippen MR) is 77.3 cm³/mol. The van der Waals surface area contributed by atoms with E-state index in [1.165, 1.54) is 23.9 Å². The van der Waals surface area contributed by atoms with E-state index in [4.69, 9.17) is 5.26 Å². The minimum absolute atomic E-state index is 0.0963. The predicted octanol–water partition coefficient (Wildman–Crippen LogP) is 3.67. The van der Waals surface area contributed by atoms with E-state index in [0.717, 1.165) is 11.0 Å². The molecule has 0 aliphatic rings. The van der Waals surface area contributed by atoms with Crippen LogP contribution in [0.15, 0.2) is 47.4 Å². The van der Waals surface area contributed by atoms with Crippen LogP contribution in [0.3, 0.4) is 0 Å². The molecule has 2 aromatic rings. The standard InChI is InChI=1S/C15H11FN2OS/c1-20-14-5-3-2-4-12(14)15(19)18-11-6-7-13(16)10(8-11)9-17/h2-8H,1H3,(H,18,19). The van der Waals surface area contributed by atoms with Gasteiger partial charge in [0.05, 0.1) is 11.1 Å². The summed E-state index contributed by atoms with van der Waals surface area (Å²) in [7, 11) is 0. The number of hydrogen-bond donors (Lipinski definition) is 1. The molecule has 0 atom stereocenters. The lowest BCUT2D eigenvalue weighted by atomic mass is 10.1. The van der Waals surface area contributed by atoms with Gasteiger partial charge in [-0.2, -0.15) is 5.26 Å². The molecule has 0 unspecified atom stereocenters. The molecule has 100 valence electrons. The van der Waals surface area contributed by atoms with Crippen LogP contribution in [-0.4, -0.2) is 12.2 Å². The van der Waals surface area contributed by atoms with Crippen LogP contribution in [0, 0.1) is 17.1 Å². The van der Waals surface area contributed by atoms with E-state index in [9.17, 15) is 9.18 Å². The highest BCUT2D eigenvalue weighted by atomic mass is 32.2. The zero-order valence-corrected chi connectivity index (χ0v) is 11.5. The number of nitrogens with zero attached hydrogens (tertiary/aromatic N) is 1. The van der Waals surface area contributed by atoms with Gasteiger partial charge in [0.1, 0.15) is 11.9 Å². The highest BCUT2D eigenvalue weighted by molar-refractivity contribution is 7.98. The maximum absolute atomic E-state index is 13.2. The highest BCUT2D eigenvalue weighted by Gasteiger charge is 2.11. The summed E-state index contributed by atoms with van der Waals surface area (Å²) < 4.78 is 13.2. The molecule has 0 saturated heterocycles. The minimum Gasteiger partial charge on any atom is -0.322 e. The third-order valence-corrected chi connectivity index (χ3v) is 3.49. The molecule has 0 aliphatic heterocycles. The fourth-order valence-electron chi connectivity index (χ4n) is 1.72. The molecule has 0 heterocycles. The van der Waals surface area contributed by atoms with E-state index >= 15 is 0 Å². The van der Waals surface area contributed by atoms with Crippen LogP contribution >= 0.6 is 11.8 Å². The Morgan fingerprint density at radius 1 is 1.30 bits per heavy atom. The number of halogens is 1. The van der Waals surface area contributed by atoms with Crippen molar-refractivity contribution in [3.05, 3.63) is 59.4 Å². The summed E-state index contributed by atoms with van der Waals surface area (Å²) in [5.41, 5.74) is 0.840. The topological polar surface area (TPSA) is 52.9 Å². The van der Waals surface area contributed by atoms with Crippen molar-refractivity contribution < 1.29 is 9.18 Å². The van der Waals surface area contributed by atoms with E-state index in [-0.39, 0.29) is 11.5 Å². The number of thioether (sulfide) groups is 1. The Hall–Kier alpha value is -2.32. The summed E-state index contributed by atoms with van der Waals surface area (Å²) in [6, 6.07) is 12.8. The van der Waals surface area contributed by atoms with Crippen molar-refractivity contribution in [2.24, 2.45) is 0 Å². The molecule has 0 aromatic heterocycles. The Morgan fingerprint density at radius 2 is 2.05 bits per heavy atom. The average molecular weight is 286 g/mol. The number of benzene rings is 2. The number of nitriles is 1. The zero-order valence-electron chi connectivity index (χ0n) is 10.7. The summed E-state index contributed by atoms with van der Waals surface area (Å²) >= 11 is 1.47. The largest absolute Gasteiger partial charge is 0.322 e. The van der Waals surface area contributed by atoms with Crippen molar-refractivity contribution in [2.75, 3.05) is 11.6 Å². The first-order valence-corrected chi connectivity index (χ1v) is 7.02. The number of anilines is 1. The highest BCUT2D eigenvalue weighted by Crippen LogP contribution is 2.21. The molecule has 2 aromatic carbocycles. The molecule has 0 saturated carbocycles. The monoisotopic (exact) mass is 286 g/mol. The summed E-state index contributed by atoms with van der Waals surface area (Å²) in [5.74, 6) is -0.888. The van der Waals surface area contributed by atoms with Crippen LogP contribution < -0.4 is 5.32 Å². The number of hydrogen-bond acceptors (Lipinski definition) is 3. The zero-order chi connectivity index (χ0) is 14.5. The molecule has 0 bridgehead atoms. The second-order valence-electron chi connectivity index (χ2n) is 3.96. The molecule has 0 fully saturated rings. The normalized spacial score (nSPS) is 9.85. The van der Waals surface area contributed by atoms with Gasteiger partial charge in [-0.1, -0.05) is 12.1 Å². The summed E-state index contributed by atoms with van der Waals surface area (Å²) in [6.45, 7) is 0. The Labute approximate surface area is 120 Å². The van der Waals surface area contributed by atoms with Gasteiger partial charge < -0.3 is 5.32 Å². The molecule has 0 radical (unpaired) electrons. The quantitative estimate of drug-likeness (QED) is 0.876. The third-order valence-electron chi connectivity index (χ3n) is 2.70. The van der Waals surface area contributed by atoms with Crippen molar-refractivity contribution >= 4 is 23.4 Å². The maximum Gasteiger partial charge on any atom is 0.256 e. The molecule has 5 heteroatoms. The number of nitrogens with one attached hydrogen (secondary N) is 1. The molecule has 3 nitrogen and oxygen atoms in total. The molecule has 2 rings (SSSR count). The molecule has 0 spiro atoms. The van der Waals surface area contributed by atoms with E-state index < -0.39 is 5.82 Å². The Balaban J connectivity index is 2.26. The smallest absolute Gasteiger partial charge is 0.256 e. The van der Waals surface area contributed by atoms with Gasteiger partial charge in [-0.05, 0) is 36.6 Å². The number of carbonyl (C=O) groups is 1. The van der Waals surface area contributed by atoms with Crippen molar-refractivity contribution in [1.82, 2.24) is 0 Å². The van der Waals surface area contributed by atoms with Crippen LogP contribution in [0.25, 0.3) is 0 Å². The van der Waals surface area contributed by atoms with Gasteiger partial charge in [-0.3, -0.25) is 4.79 Å². The van der Waals surface area contributed by atoms with Crippen molar-refractivity contribution in [3.63, 3.8) is 0 Å². The minimum atomic E-state index is -0.602. The molecule has 1 N–H and O–H groups in total. The summed E-state index contributed by atoms with van der Waals surface area (Å²) in [5, 5.41) is 11.4. The van der Waals surface area contributed by atoms with Gasteiger partial charge in [-0.25, -0.2) is 4.39 Å². The Bertz CT molecular complexity index is 695. The van der Waals surface area contributed by atoms with Crippen LogP contribution in [0.1, 0.15) is 15.9 Å².